The van der Waals surface area contributed by atoms with Crippen LogP contribution in [0.2, 0.25) is 5.02 Å². The van der Waals surface area contributed by atoms with E-state index in [2.05, 4.69) is 15.1 Å². The summed E-state index contributed by atoms with van der Waals surface area (Å²) in [5.74, 6) is -0.507. The number of aliphatic hydroxyl groups is 1. The van der Waals surface area contributed by atoms with Gasteiger partial charge in [-0.2, -0.15) is 0 Å². The normalized spacial score (nSPS) is 21.8. The van der Waals surface area contributed by atoms with Crippen molar-refractivity contribution in [2.45, 2.75) is 37.8 Å². The van der Waals surface area contributed by atoms with Crippen LogP contribution in [0.5, 0.6) is 11.5 Å². The third kappa shape index (κ3) is 5.71. The number of likely N-dealkylation sites (tertiary alicyclic amines) is 1. The molecule has 0 aliphatic carbocycles. The minimum atomic E-state index is -1.09. The summed E-state index contributed by atoms with van der Waals surface area (Å²) in [5.41, 5.74) is 1.40. The average molecular weight is 518 g/mol. The quantitative estimate of drug-likeness (QED) is 0.582. The summed E-state index contributed by atoms with van der Waals surface area (Å²) < 4.78 is 25.7. The van der Waals surface area contributed by atoms with Crippen LogP contribution in [0.15, 0.2) is 36.4 Å². The number of aliphatic hydroxyl groups excluding tert-OH is 1. The van der Waals surface area contributed by atoms with E-state index in [1.54, 1.807) is 6.07 Å². The molecule has 0 spiro atoms. The molecule has 194 valence electrons. The highest BCUT2D eigenvalue weighted by molar-refractivity contribution is 6.30. The summed E-state index contributed by atoms with van der Waals surface area (Å²) in [4.78, 5) is 17.8. The Bertz CT molecular complexity index is 1060. The molecule has 9 heteroatoms. The molecule has 2 N–H and O–H groups in total. The van der Waals surface area contributed by atoms with E-state index in [0.29, 0.717) is 30.3 Å². The van der Waals surface area contributed by atoms with Gasteiger partial charge in [-0.1, -0.05) is 18.0 Å². The number of carbonyl (C=O) groups excluding carboxylic acids is 1. The summed E-state index contributed by atoms with van der Waals surface area (Å²) in [7, 11) is 0. The molecular formula is C27H33ClFN3O4. The van der Waals surface area contributed by atoms with E-state index < -0.39 is 18.0 Å². The molecule has 5 rings (SSSR count). The summed E-state index contributed by atoms with van der Waals surface area (Å²) >= 11 is 6.02. The van der Waals surface area contributed by atoms with Crippen molar-refractivity contribution in [1.82, 2.24) is 10.2 Å². The number of halogens is 2. The van der Waals surface area contributed by atoms with E-state index in [9.17, 15) is 14.3 Å². The maximum Gasteiger partial charge on any atom is 0.225 e. The van der Waals surface area contributed by atoms with Crippen molar-refractivity contribution in [1.29, 1.82) is 0 Å². The van der Waals surface area contributed by atoms with Gasteiger partial charge in [0.1, 0.15) is 19.3 Å². The van der Waals surface area contributed by atoms with Crippen LogP contribution in [-0.2, 0) is 4.79 Å². The van der Waals surface area contributed by atoms with Crippen molar-refractivity contribution in [2.24, 2.45) is 5.92 Å². The monoisotopic (exact) mass is 517 g/mol. The number of rotatable bonds is 7. The van der Waals surface area contributed by atoms with Crippen molar-refractivity contribution < 1.29 is 23.8 Å². The zero-order valence-corrected chi connectivity index (χ0v) is 21.1. The topological polar surface area (TPSA) is 74.3 Å². The van der Waals surface area contributed by atoms with E-state index in [-0.39, 0.29) is 29.9 Å². The molecule has 0 radical (unpaired) electrons. The Morgan fingerprint density at radius 3 is 2.64 bits per heavy atom. The van der Waals surface area contributed by atoms with Crippen molar-refractivity contribution in [2.75, 3.05) is 50.8 Å². The first kappa shape index (κ1) is 25.1. The predicted octanol–water partition coefficient (Wildman–Crippen LogP) is 3.78. The number of nitrogens with one attached hydrogen (secondary N) is 1. The molecule has 2 aromatic carbocycles. The predicted molar refractivity (Wildman–Crippen MR) is 136 cm³/mol. The zero-order chi connectivity index (χ0) is 25.1. The average Bonchev–Trinajstić information content (AvgIpc) is 3.39. The highest BCUT2D eigenvalue weighted by atomic mass is 35.5. The molecule has 0 aromatic heterocycles. The van der Waals surface area contributed by atoms with Crippen molar-refractivity contribution >= 4 is 23.2 Å². The van der Waals surface area contributed by atoms with Crippen molar-refractivity contribution in [3.63, 3.8) is 0 Å². The Morgan fingerprint density at radius 2 is 1.86 bits per heavy atom. The van der Waals surface area contributed by atoms with Gasteiger partial charge in [0.2, 0.25) is 5.91 Å². The second-order valence-electron chi connectivity index (χ2n) is 9.86. The first-order chi connectivity index (χ1) is 17.5. The maximum atomic E-state index is 14.7. The molecule has 1 amide bonds. The number of fused-ring (bicyclic) bond motifs is 1. The molecule has 2 aromatic rings. The molecular weight excluding hydrogens is 485 g/mol. The second kappa shape index (κ2) is 11.2. The zero-order valence-electron chi connectivity index (χ0n) is 20.3. The second-order valence-corrected chi connectivity index (χ2v) is 10.3. The van der Waals surface area contributed by atoms with Gasteiger partial charge in [-0.15, -0.1) is 0 Å². The maximum absolute atomic E-state index is 14.7. The lowest BCUT2D eigenvalue weighted by Gasteiger charge is -2.34. The molecule has 7 nitrogen and oxygen atoms in total. The van der Waals surface area contributed by atoms with Crippen molar-refractivity contribution in [3.8, 4) is 11.5 Å². The Morgan fingerprint density at radius 1 is 1.11 bits per heavy atom. The number of carbonyl (C=O) groups is 1. The van der Waals surface area contributed by atoms with Gasteiger partial charge in [0.05, 0.1) is 12.0 Å². The highest BCUT2D eigenvalue weighted by Gasteiger charge is 2.33. The summed E-state index contributed by atoms with van der Waals surface area (Å²) in [5, 5.41) is 15.1. The van der Waals surface area contributed by atoms with Crippen LogP contribution < -0.4 is 19.7 Å². The lowest BCUT2D eigenvalue weighted by atomic mass is 9.98. The summed E-state index contributed by atoms with van der Waals surface area (Å²) in [6, 6.07) is 9.94. The van der Waals surface area contributed by atoms with Gasteiger partial charge in [-0.05, 0) is 74.3 Å². The number of ether oxygens (including phenoxy) is 2. The summed E-state index contributed by atoms with van der Waals surface area (Å²) in [6.07, 6.45) is 3.00. The molecule has 0 bridgehead atoms. The minimum absolute atomic E-state index is 0.0714. The van der Waals surface area contributed by atoms with Crippen LogP contribution in [0.3, 0.4) is 0 Å². The van der Waals surface area contributed by atoms with E-state index in [1.807, 2.05) is 24.3 Å². The summed E-state index contributed by atoms with van der Waals surface area (Å²) in [6.45, 7) is 4.31. The van der Waals surface area contributed by atoms with Crippen LogP contribution in [0, 0.1) is 11.7 Å². The minimum Gasteiger partial charge on any atom is -0.486 e. The third-order valence-corrected chi connectivity index (χ3v) is 7.58. The lowest BCUT2D eigenvalue weighted by Crippen LogP contribution is -2.50. The van der Waals surface area contributed by atoms with Gasteiger partial charge < -0.3 is 29.7 Å². The van der Waals surface area contributed by atoms with Crippen LogP contribution in [0.25, 0.3) is 0 Å². The fourth-order valence-electron chi connectivity index (χ4n) is 5.34. The molecule has 3 heterocycles. The molecule has 3 aliphatic heterocycles. The number of piperidine rings is 1. The highest BCUT2D eigenvalue weighted by Crippen LogP contribution is 2.36. The first-order valence-corrected chi connectivity index (χ1v) is 13.2. The standard InChI is InChI=1S/C27H33ClFN3O4/c28-20-4-6-21(7-5-20)32-11-8-18(16-32)27(34)30-23(17-31-9-2-1-3-10-31)25(33)19-14-22(29)26-24(15-19)35-12-13-36-26/h4-7,14-15,18,23,25,33H,1-3,8-13,16-17H2,(H,30,34). The van der Waals surface area contributed by atoms with Gasteiger partial charge in [0.25, 0.3) is 0 Å². The number of anilines is 1. The number of hydrogen-bond acceptors (Lipinski definition) is 6. The van der Waals surface area contributed by atoms with Gasteiger partial charge >= 0.3 is 0 Å². The SMILES string of the molecule is O=C(NC(CN1CCCCC1)C(O)c1cc(F)c2c(c1)OCCO2)C1CCN(c2ccc(Cl)cc2)C1. The van der Waals surface area contributed by atoms with Gasteiger partial charge in [0.15, 0.2) is 17.3 Å². The Labute approximate surface area is 216 Å². The number of hydrogen-bond donors (Lipinski definition) is 2. The molecule has 3 atom stereocenters. The fraction of sp³-hybridized carbons (Fsp3) is 0.519. The Balaban J connectivity index is 1.31. The van der Waals surface area contributed by atoms with Crippen LogP contribution in [0.4, 0.5) is 10.1 Å². The smallest absolute Gasteiger partial charge is 0.225 e. The molecule has 0 saturated carbocycles. The molecule has 2 fully saturated rings. The molecule has 3 unspecified atom stereocenters. The Kier molecular flexibility index (Phi) is 7.84. The van der Waals surface area contributed by atoms with Gasteiger partial charge in [0, 0.05) is 30.3 Å². The fourth-order valence-corrected chi connectivity index (χ4v) is 5.47. The first-order valence-electron chi connectivity index (χ1n) is 12.8. The van der Waals surface area contributed by atoms with E-state index >= 15 is 0 Å². The molecule has 36 heavy (non-hydrogen) atoms. The van der Waals surface area contributed by atoms with Gasteiger partial charge in [-0.25, -0.2) is 4.39 Å². The van der Waals surface area contributed by atoms with Crippen LogP contribution >= 0.6 is 11.6 Å². The number of benzene rings is 2. The van der Waals surface area contributed by atoms with E-state index in [0.717, 1.165) is 44.6 Å². The largest absolute Gasteiger partial charge is 0.486 e. The van der Waals surface area contributed by atoms with E-state index in [1.165, 1.54) is 12.5 Å². The Hall–Kier alpha value is -2.55. The number of amides is 1. The van der Waals surface area contributed by atoms with Crippen molar-refractivity contribution in [3.05, 3.63) is 52.8 Å². The van der Waals surface area contributed by atoms with E-state index in [4.69, 9.17) is 21.1 Å². The van der Waals surface area contributed by atoms with Gasteiger partial charge in [-0.3, -0.25) is 4.79 Å². The molecule has 2 saturated heterocycles. The molecule has 3 aliphatic rings. The van der Waals surface area contributed by atoms with Crippen LogP contribution in [-0.4, -0.2) is 67.9 Å². The lowest BCUT2D eigenvalue weighted by molar-refractivity contribution is -0.126. The van der Waals surface area contributed by atoms with Crippen LogP contribution in [0.1, 0.15) is 37.4 Å². The number of nitrogens with zero attached hydrogens (tertiary/aromatic N) is 2. The third-order valence-electron chi connectivity index (χ3n) is 7.32.